The van der Waals surface area contributed by atoms with Crippen LogP contribution >= 0.6 is 0 Å². The van der Waals surface area contributed by atoms with Gasteiger partial charge in [-0.1, -0.05) is 12.1 Å². The first kappa shape index (κ1) is 8.04. The van der Waals surface area contributed by atoms with E-state index < -0.39 is 0 Å². The van der Waals surface area contributed by atoms with Gasteiger partial charge in [0.2, 0.25) is 0 Å². The quantitative estimate of drug-likeness (QED) is 0.661. The highest BCUT2D eigenvalue weighted by molar-refractivity contribution is 5.77. The van der Waals surface area contributed by atoms with Gasteiger partial charge in [-0.3, -0.25) is 4.79 Å². The molecule has 1 saturated carbocycles. The molecule has 72 valence electrons. The van der Waals surface area contributed by atoms with E-state index in [0.29, 0.717) is 0 Å². The molecule has 1 aromatic rings. The van der Waals surface area contributed by atoms with Crippen molar-refractivity contribution in [3.05, 3.63) is 29.8 Å². The second kappa shape index (κ2) is 2.84. The third-order valence-corrected chi connectivity index (χ3v) is 3.44. The minimum atomic E-state index is 0.752. The van der Waals surface area contributed by atoms with Gasteiger partial charge in [-0.25, -0.2) is 0 Å². The Morgan fingerprint density at radius 1 is 1.36 bits per heavy atom. The van der Waals surface area contributed by atoms with Crippen molar-refractivity contribution in [2.24, 2.45) is 5.92 Å². The highest BCUT2D eigenvalue weighted by atomic mass is 16.1. The number of carbonyl (C=O) groups is 1. The predicted molar refractivity (Wildman–Crippen MR) is 55.7 cm³/mol. The van der Waals surface area contributed by atoms with Crippen LogP contribution in [0.25, 0.3) is 0 Å². The van der Waals surface area contributed by atoms with E-state index in [-0.39, 0.29) is 0 Å². The summed E-state index contributed by atoms with van der Waals surface area (Å²) in [5.74, 6) is 0.917. The summed E-state index contributed by atoms with van der Waals surface area (Å²) in [7, 11) is 0. The molecule has 0 aromatic heterocycles. The number of anilines is 1. The van der Waals surface area contributed by atoms with E-state index in [1.165, 1.54) is 25.1 Å². The van der Waals surface area contributed by atoms with Gasteiger partial charge in [0, 0.05) is 23.8 Å². The zero-order chi connectivity index (χ0) is 9.54. The molecule has 0 unspecified atom stereocenters. The zero-order valence-corrected chi connectivity index (χ0v) is 8.02. The first-order chi connectivity index (χ1) is 6.86. The molecule has 0 spiro atoms. The normalized spacial score (nSPS) is 28.7. The summed E-state index contributed by atoms with van der Waals surface area (Å²) in [6.45, 7) is 1.19. The molecule has 3 aliphatic rings. The van der Waals surface area contributed by atoms with Crippen LogP contribution in [0.1, 0.15) is 23.2 Å². The number of carbonyl (C=O) groups excluding carboxylic acids is 1. The SMILES string of the molecule is O=Cc1cccc(N2CC3CC2C3)c1. The van der Waals surface area contributed by atoms with Crippen LogP contribution in [0, 0.1) is 5.92 Å². The van der Waals surface area contributed by atoms with Crippen LogP contribution in [0.3, 0.4) is 0 Å². The van der Waals surface area contributed by atoms with Gasteiger partial charge < -0.3 is 4.90 Å². The van der Waals surface area contributed by atoms with Gasteiger partial charge in [-0.05, 0) is 30.9 Å². The van der Waals surface area contributed by atoms with Gasteiger partial charge in [0.25, 0.3) is 0 Å². The van der Waals surface area contributed by atoms with Crippen molar-refractivity contribution in [2.45, 2.75) is 18.9 Å². The van der Waals surface area contributed by atoms with Crippen molar-refractivity contribution >= 4 is 12.0 Å². The predicted octanol–water partition coefficient (Wildman–Crippen LogP) is 2.10. The van der Waals surface area contributed by atoms with Crippen LogP contribution in [-0.4, -0.2) is 18.9 Å². The standard InChI is InChI=1S/C12H13NO/c14-8-9-2-1-3-11(4-9)13-7-10-5-12(13)6-10/h1-4,8,10,12H,5-7H2. The molecule has 2 bridgehead atoms. The van der Waals surface area contributed by atoms with E-state index in [0.717, 1.165) is 23.8 Å². The molecule has 0 N–H and O–H groups in total. The number of hydrogen-bond acceptors (Lipinski definition) is 2. The molecule has 1 aromatic carbocycles. The maximum Gasteiger partial charge on any atom is 0.150 e. The van der Waals surface area contributed by atoms with Crippen LogP contribution in [0.5, 0.6) is 0 Å². The maximum absolute atomic E-state index is 10.6. The molecule has 0 radical (unpaired) electrons. The summed E-state index contributed by atoms with van der Waals surface area (Å²) < 4.78 is 0. The Balaban J connectivity index is 1.91. The van der Waals surface area contributed by atoms with Crippen LogP contribution in [0.2, 0.25) is 0 Å². The van der Waals surface area contributed by atoms with Crippen molar-refractivity contribution in [3.8, 4) is 0 Å². The Bertz CT molecular complexity index is 368. The van der Waals surface area contributed by atoms with Crippen molar-refractivity contribution in [1.82, 2.24) is 0 Å². The molecule has 0 amide bonds. The van der Waals surface area contributed by atoms with Gasteiger partial charge in [-0.15, -0.1) is 0 Å². The summed E-state index contributed by atoms with van der Waals surface area (Å²) in [5, 5.41) is 0. The number of benzene rings is 1. The minimum absolute atomic E-state index is 0.752. The third kappa shape index (κ3) is 1.07. The van der Waals surface area contributed by atoms with E-state index in [1.807, 2.05) is 18.2 Å². The Hall–Kier alpha value is -1.31. The van der Waals surface area contributed by atoms with E-state index in [9.17, 15) is 4.79 Å². The van der Waals surface area contributed by atoms with Gasteiger partial charge in [-0.2, -0.15) is 0 Å². The Kier molecular flexibility index (Phi) is 1.63. The highest BCUT2D eigenvalue weighted by Gasteiger charge is 2.42. The maximum atomic E-state index is 10.6. The molecule has 2 nitrogen and oxygen atoms in total. The summed E-state index contributed by atoms with van der Waals surface area (Å²) in [6.07, 6.45) is 3.63. The highest BCUT2D eigenvalue weighted by Crippen LogP contribution is 2.43. The monoisotopic (exact) mass is 187 g/mol. The summed E-state index contributed by atoms with van der Waals surface area (Å²) in [6, 6.07) is 8.68. The lowest BCUT2D eigenvalue weighted by molar-refractivity contribution is 0.112. The van der Waals surface area contributed by atoms with E-state index in [2.05, 4.69) is 11.0 Å². The largest absolute Gasteiger partial charge is 0.368 e. The first-order valence-corrected chi connectivity index (χ1v) is 5.19. The van der Waals surface area contributed by atoms with Crippen LogP contribution in [0.4, 0.5) is 5.69 Å². The molecule has 3 fully saturated rings. The third-order valence-electron chi connectivity index (χ3n) is 3.44. The molecule has 2 saturated heterocycles. The van der Waals surface area contributed by atoms with E-state index in [4.69, 9.17) is 0 Å². The molecular formula is C12H13NO. The molecule has 0 atom stereocenters. The first-order valence-electron chi connectivity index (χ1n) is 5.19. The lowest BCUT2D eigenvalue weighted by Crippen LogP contribution is -2.28. The fourth-order valence-corrected chi connectivity index (χ4v) is 2.62. The second-order valence-corrected chi connectivity index (χ2v) is 4.36. The van der Waals surface area contributed by atoms with Crippen molar-refractivity contribution in [3.63, 3.8) is 0 Å². The number of hydrogen-bond donors (Lipinski definition) is 0. The second-order valence-electron chi connectivity index (χ2n) is 4.36. The number of aldehydes is 1. The average Bonchev–Trinajstić information content (AvgIpc) is 2.76. The van der Waals surface area contributed by atoms with Gasteiger partial charge in [0.15, 0.2) is 0 Å². The number of fused-ring (bicyclic) bond motifs is 1. The van der Waals surface area contributed by atoms with E-state index >= 15 is 0 Å². The van der Waals surface area contributed by atoms with Gasteiger partial charge >= 0.3 is 0 Å². The zero-order valence-electron chi connectivity index (χ0n) is 8.02. The molecule has 2 aliphatic heterocycles. The van der Waals surface area contributed by atoms with Crippen molar-refractivity contribution in [1.29, 1.82) is 0 Å². The Morgan fingerprint density at radius 2 is 2.21 bits per heavy atom. The van der Waals surface area contributed by atoms with Gasteiger partial charge in [0.05, 0.1) is 0 Å². The summed E-state index contributed by atoms with van der Waals surface area (Å²) >= 11 is 0. The van der Waals surface area contributed by atoms with Crippen molar-refractivity contribution in [2.75, 3.05) is 11.4 Å². The fraction of sp³-hybridized carbons (Fsp3) is 0.417. The lowest BCUT2D eigenvalue weighted by Gasteiger charge is -2.27. The molecule has 1 aliphatic carbocycles. The topological polar surface area (TPSA) is 20.3 Å². The average molecular weight is 187 g/mol. The molecule has 4 rings (SSSR count). The van der Waals surface area contributed by atoms with E-state index in [1.54, 1.807) is 0 Å². The lowest BCUT2D eigenvalue weighted by atomic mass is 9.86. The van der Waals surface area contributed by atoms with Crippen LogP contribution < -0.4 is 4.90 Å². The summed E-state index contributed by atoms with van der Waals surface area (Å²) in [5.41, 5.74) is 2.01. The summed E-state index contributed by atoms with van der Waals surface area (Å²) in [4.78, 5) is 13.1. The minimum Gasteiger partial charge on any atom is -0.368 e. The molecule has 2 heteroatoms. The van der Waals surface area contributed by atoms with Crippen LogP contribution in [0.15, 0.2) is 24.3 Å². The Labute approximate surface area is 83.5 Å². The Morgan fingerprint density at radius 3 is 2.86 bits per heavy atom. The van der Waals surface area contributed by atoms with Gasteiger partial charge in [0.1, 0.15) is 6.29 Å². The fourth-order valence-electron chi connectivity index (χ4n) is 2.62. The molecule has 14 heavy (non-hydrogen) atoms. The smallest absolute Gasteiger partial charge is 0.150 e. The number of rotatable bonds is 2. The van der Waals surface area contributed by atoms with Crippen molar-refractivity contribution < 1.29 is 4.79 Å². The molecular weight excluding hydrogens is 174 g/mol. The number of nitrogens with zero attached hydrogens (tertiary/aromatic N) is 1. The van der Waals surface area contributed by atoms with Crippen LogP contribution in [-0.2, 0) is 0 Å². The molecule has 2 heterocycles.